The molecule has 7 heteroatoms. The van der Waals surface area contributed by atoms with Gasteiger partial charge in [-0.1, -0.05) is 40.2 Å². The quantitative estimate of drug-likeness (QED) is 0.620. The first-order valence-electron chi connectivity index (χ1n) is 10.8. The van der Waals surface area contributed by atoms with Crippen LogP contribution in [0.5, 0.6) is 0 Å². The molecule has 2 aromatic rings. The second-order valence-corrected chi connectivity index (χ2v) is 9.65. The van der Waals surface area contributed by atoms with Crippen LogP contribution in [-0.4, -0.2) is 41.8 Å². The van der Waals surface area contributed by atoms with Crippen molar-refractivity contribution in [1.29, 1.82) is 0 Å². The van der Waals surface area contributed by atoms with Crippen LogP contribution in [0.3, 0.4) is 0 Å². The number of imide groups is 1. The third-order valence-corrected chi connectivity index (χ3v) is 8.02. The van der Waals surface area contributed by atoms with Crippen LogP contribution in [-0.2, 0) is 19.9 Å². The van der Waals surface area contributed by atoms with Crippen LogP contribution in [0.1, 0.15) is 25.3 Å². The Balaban J connectivity index is 1.58. The number of fused-ring (bicyclic) bond motifs is 7. The molecule has 4 atom stereocenters. The lowest BCUT2D eigenvalue weighted by Crippen LogP contribution is -2.56. The minimum atomic E-state index is -1.09. The van der Waals surface area contributed by atoms with E-state index in [1.807, 2.05) is 43.3 Å². The predicted molar refractivity (Wildman–Crippen MR) is 119 cm³/mol. The average Bonchev–Trinajstić information content (AvgIpc) is 3.45. The zero-order valence-electron chi connectivity index (χ0n) is 17.1. The number of carbonyl (C=O) groups excluding carboxylic acids is 3. The molecule has 0 bridgehead atoms. The fourth-order valence-electron chi connectivity index (χ4n) is 6.52. The molecule has 0 saturated carbocycles. The van der Waals surface area contributed by atoms with E-state index >= 15 is 0 Å². The van der Waals surface area contributed by atoms with Gasteiger partial charge >= 0.3 is 0 Å². The lowest BCUT2D eigenvalue weighted by atomic mass is 9.75. The molecule has 4 heterocycles. The number of hydrogen-bond acceptors (Lipinski definition) is 4. The molecule has 31 heavy (non-hydrogen) atoms. The number of halogens is 1. The number of likely N-dealkylation sites (N-methyl/N-ethyl adjacent to an activating group) is 1. The lowest BCUT2D eigenvalue weighted by molar-refractivity contribution is -0.137. The molecule has 1 spiro atoms. The second kappa shape index (κ2) is 6.50. The summed E-state index contributed by atoms with van der Waals surface area (Å²) in [5.74, 6) is -1.70. The number of hydrogen-bond donors (Lipinski definition) is 0. The fourth-order valence-corrected chi connectivity index (χ4v) is 6.91. The number of nitrogens with zero attached hydrogens (tertiary/aromatic N) is 3. The summed E-state index contributed by atoms with van der Waals surface area (Å²) in [4.78, 5) is 47.0. The van der Waals surface area contributed by atoms with Gasteiger partial charge in [0, 0.05) is 28.3 Å². The van der Waals surface area contributed by atoms with Crippen molar-refractivity contribution in [2.75, 3.05) is 22.9 Å². The molecule has 0 unspecified atom stereocenters. The molecule has 2 aromatic carbocycles. The molecule has 4 aliphatic heterocycles. The highest BCUT2D eigenvalue weighted by Gasteiger charge is 2.75. The molecule has 6 rings (SSSR count). The van der Waals surface area contributed by atoms with Crippen LogP contribution in [0.2, 0.25) is 0 Å². The molecule has 0 radical (unpaired) electrons. The number of benzene rings is 2. The van der Waals surface area contributed by atoms with Crippen LogP contribution in [0, 0.1) is 11.8 Å². The summed E-state index contributed by atoms with van der Waals surface area (Å²) >= 11 is 3.45. The van der Waals surface area contributed by atoms with Gasteiger partial charge in [0.1, 0.15) is 5.54 Å². The Kier molecular flexibility index (Phi) is 4.02. The van der Waals surface area contributed by atoms with Gasteiger partial charge in [-0.2, -0.15) is 0 Å². The van der Waals surface area contributed by atoms with Gasteiger partial charge in [-0.15, -0.1) is 0 Å². The summed E-state index contributed by atoms with van der Waals surface area (Å²) in [6.07, 6.45) is 1.76. The summed E-state index contributed by atoms with van der Waals surface area (Å²) in [6, 6.07) is 15.0. The minimum absolute atomic E-state index is 0.0622. The number of carbonyl (C=O) groups is 3. The van der Waals surface area contributed by atoms with Crippen LogP contribution in [0.25, 0.3) is 0 Å². The molecule has 0 aromatic heterocycles. The highest BCUT2D eigenvalue weighted by Crippen LogP contribution is 2.61. The van der Waals surface area contributed by atoms with Gasteiger partial charge in [-0.25, -0.2) is 4.90 Å². The van der Waals surface area contributed by atoms with Gasteiger partial charge in [0.15, 0.2) is 0 Å². The van der Waals surface area contributed by atoms with E-state index in [1.54, 1.807) is 17.0 Å². The highest BCUT2D eigenvalue weighted by atomic mass is 79.9. The van der Waals surface area contributed by atoms with E-state index < -0.39 is 17.4 Å². The van der Waals surface area contributed by atoms with Crippen molar-refractivity contribution >= 4 is 45.0 Å². The molecule has 3 fully saturated rings. The van der Waals surface area contributed by atoms with E-state index in [2.05, 4.69) is 20.8 Å². The van der Waals surface area contributed by atoms with Crippen molar-refractivity contribution in [2.45, 2.75) is 31.3 Å². The third kappa shape index (κ3) is 2.18. The topological polar surface area (TPSA) is 60.9 Å². The summed E-state index contributed by atoms with van der Waals surface area (Å²) in [7, 11) is 0. The first-order valence-corrected chi connectivity index (χ1v) is 11.6. The van der Waals surface area contributed by atoms with E-state index in [-0.39, 0.29) is 23.8 Å². The average molecular weight is 480 g/mol. The standard InChI is InChI=1S/C24H22BrN3O3/c1-2-26-17-10-4-3-9-16(17)24(23(26)31)20-19(18-11-6-12-27(18)24)21(29)28(22(20)30)15-8-5-7-14(25)13-15/h3-5,7-10,13,18-20H,2,6,11-12H2,1H3/t18-,19+,20-,24+/m0/s1. The van der Waals surface area contributed by atoms with E-state index in [0.717, 1.165) is 35.1 Å². The monoisotopic (exact) mass is 479 g/mol. The van der Waals surface area contributed by atoms with E-state index in [1.165, 1.54) is 4.90 Å². The maximum atomic E-state index is 14.0. The Morgan fingerprint density at radius 2 is 1.87 bits per heavy atom. The number of anilines is 2. The van der Waals surface area contributed by atoms with Crippen LogP contribution in [0.15, 0.2) is 53.0 Å². The number of rotatable bonds is 2. The van der Waals surface area contributed by atoms with Crippen molar-refractivity contribution in [3.8, 4) is 0 Å². The van der Waals surface area contributed by atoms with Crippen LogP contribution in [0.4, 0.5) is 11.4 Å². The van der Waals surface area contributed by atoms with Gasteiger partial charge in [-0.05, 0) is 50.6 Å². The molecule has 6 nitrogen and oxygen atoms in total. The van der Waals surface area contributed by atoms with Gasteiger partial charge in [-0.3, -0.25) is 19.3 Å². The molecular weight excluding hydrogens is 458 g/mol. The van der Waals surface area contributed by atoms with Crippen molar-refractivity contribution in [3.05, 3.63) is 58.6 Å². The summed E-state index contributed by atoms with van der Waals surface area (Å²) in [6.45, 7) is 3.22. The smallest absolute Gasteiger partial charge is 0.253 e. The minimum Gasteiger partial charge on any atom is -0.310 e. The predicted octanol–water partition coefficient (Wildman–Crippen LogP) is 3.29. The Morgan fingerprint density at radius 1 is 1.06 bits per heavy atom. The van der Waals surface area contributed by atoms with E-state index in [4.69, 9.17) is 0 Å². The highest BCUT2D eigenvalue weighted by molar-refractivity contribution is 9.10. The zero-order valence-corrected chi connectivity index (χ0v) is 18.7. The summed E-state index contributed by atoms with van der Waals surface area (Å²) in [5.41, 5.74) is 1.21. The molecule has 0 aliphatic carbocycles. The largest absolute Gasteiger partial charge is 0.310 e. The third-order valence-electron chi connectivity index (χ3n) is 7.53. The summed E-state index contributed by atoms with van der Waals surface area (Å²) < 4.78 is 0.805. The van der Waals surface area contributed by atoms with Crippen molar-refractivity contribution in [2.24, 2.45) is 11.8 Å². The maximum absolute atomic E-state index is 14.0. The molecule has 0 N–H and O–H groups in total. The van der Waals surface area contributed by atoms with Gasteiger partial charge in [0.2, 0.25) is 11.8 Å². The van der Waals surface area contributed by atoms with Gasteiger partial charge < -0.3 is 4.90 Å². The zero-order chi connectivity index (χ0) is 21.5. The second-order valence-electron chi connectivity index (χ2n) is 8.73. The lowest BCUT2D eigenvalue weighted by Gasteiger charge is -2.37. The van der Waals surface area contributed by atoms with Crippen LogP contribution < -0.4 is 9.80 Å². The van der Waals surface area contributed by atoms with Crippen molar-refractivity contribution in [3.63, 3.8) is 0 Å². The van der Waals surface area contributed by atoms with E-state index in [9.17, 15) is 14.4 Å². The van der Waals surface area contributed by atoms with Crippen molar-refractivity contribution in [1.82, 2.24) is 4.90 Å². The van der Waals surface area contributed by atoms with Gasteiger partial charge in [0.05, 0.1) is 17.5 Å². The fraction of sp³-hybridized carbons (Fsp3) is 0.375. The normalized spacial score (nSPS) is 31.7. The molecule has 3 amide bonds. The molecular formula is C24H22BrN3O3. The maximum Gasteiger partial charge on any atom is 0.253 e. The Hall–Kier alpha value is -2.51. The van der Waals surface area contributed by atoms with Gasteiger partial charge in [0.25, 0.3) is 5.91 Å². The first-order chi connectivity index (χ1) is 15.0. The number of para-hydroxylation sites is 1. The Bertz CT molecular complexity index is 1150. The van der Waals surface area contributed by atoms with Crippen LogP contribution >= 0.6 is 15.9 Å². The first kappa shape index (κ1) is 19.2. The molecule has 3 saturated heterocycles. The van der Waals surface area contributed by atoms with E-state index in [0.29, 0.717) is 12.2 Å². The summed E-state index contributed by atoms with van der Waals surface area (Å²) in [5, 5.41) is 0. The SMILES string of the molecule is CCN1C(=O)[C@@]2(c3ccccc31)[C@@H]1C(=O)N(c3cccc(Br)c3)C(=O)[C@@H]1[C@@H]1CCCN12. The molecule has 4 aliphatic rings. The Labute approximate surface area is 188 Å². The van der Waals surface area contributed by atoms with Crippen molar-refractivity contribution < 1.29 is 14.4 Å². The number of amides is 3. The molecule has 158 valence electrons. The Morgan fingerprint density at radius 3 is 2.65 bits per heavy atom.